The van der Waals surface area contributed by atoms with Crippen LogP contribution in [0, 0.1) is 0 Å². The third-order valence-electron chi connectivity index (χ3n) is 2.24. The Morgan fingerprint density at radius 1 is 1.19 bits per heavy atom. The van der Waals surface area contributed by atoms with E-state index in [9.17, 15) is 9.59 Å². The SMILES string of the molecule is CNC(C)C(=O)c1ccc(C(=O)O)cc1.Cl. The van der Waals surface area contributed by atoms with E-state index < -0.39 is 5.97 Å². The van der Waals surface area contributed by atoms with Crippen molar-refractivity contribution in [3.05, 3.63) is 35.4 Å². The highest BCUT2D eigenvalue weighted by Crippen LogP contribution is 2.07. The number of ketones is 1. The van der Waals surface area contributed by atoms with E-state index in [-0.39, 0.29) is 29.8 Å². The normalized spacial score (nSPS) is 11.4. The van der Waals surface area contributed by atoms with Crippen molar-refractivity contribution in [1.29, 1.82) is 0 Å². The van der Waals surface area contributed by atoms with Crippen molar-refractivity contribution < 1.29 is 14.7 Å². The monoisotopic (exact) mass is 243 g/mol. The molecule has 16 heavy (non-hydrogen) atoms. The minimum Gasteiger partial charge on any atom is -0.478 e. The smallest absolute Gasteiger partial charge is 0.335 e. The number of hydrogen-bond acceptors (Lipinski definition) is 3. The average molecular weight is 244 g/mol. The molecule has 0 radical (unpaired) electrons. The maximum atomic E-state index is 11.6. The van der Waals surface area contributed by atoms with Gasteiger partial charge in [-0.05, 0) is 26.1 Å². The molecule has 0 spiro atoms. The number of Topliss-reactive ketones (excluding diaryl/α,β-unsaturated/α-hetero) is 1. The van der Waals surface area contributed by atoms with Gasteiger partial charge in [0.25, 0.3) is 0 Å². The topological polar surface area (TPSA) is 66.4 Å². The first-order valence-corrected chi connectivity index (χ1v) is 4.61. The Balaban J connectivity index is 0.00000225. The molecule has 0 aliphatic carbocycles. The lowest BCUT2D eigenvalue weighted by Gasteiger charge is -2.08. The molecule has 0 bridgehead atoms. The van der Waals surface area contributed by atoms with Crippen molar-refractivity contribution in [2.24, 2.45) is 0 Å². The number of carboxylic acids is 1. The second kappa shape index (κ2) is 6.25. The number of carboxylic acid groups (broad SMARTS) is 1. The van der Waals surface area contributed by atoms with Crippen molar-refractivity contribution in [3.63, 3.8) is 0 Å². The fraction of sp³-hybridized carbons (Fsp3) is 0.273. The molecule has 4 nitrogen and oxygen atoms in total. The summed E-state index contributed by atoms with van der Waals surface area (Å²) >= 11 is 0. The van der Waals surface area contributed by atoms with E-state index in [1.807, 2.05) is 0 Å². The van der Waals surface area contributed by atoms with Gasteiger partial charge in [-0.1, -0.05) is 12.1 Å². The summed E-state index contributed by atoms with van der Waals surface area (Å²) in [4.78, 5) is 22.2. The molecule has 1 aromatic rings. The largest absolute Gasteiger partial charge is 0.478 e. The predicted octanol–water partition coefficient (Wildman–Crippen LogP) is 1.60. The average Bonchev–Trinajstić information content (AvgIpc) is 2.27. The second-order valence-electron chi connectivity index (χ2n) is 3.26. The molecule has 1 unspecified atom stereocenters. The molecule has 0 saturated heterocycles. The van der Waals surface area contributed by atoms with Crippen LogP contribution in [0.3, 0.4) is 0 Å². The number of nitrogens with one attached hydrogen (secondary N) is 1. The van der Waals surface area contributed by atoms with Gasteiger partial charge < -0.3 is 10.4 Å². The number of rotatable bonds is 4. The highest BCUT2D eigenvalue weighted by molar-refractivity contribution is 6.00. The zero-order valence-electron chi connectivity index (χ0n) is 9.06. The summed E-state index contributed by atoms with van der Waals surface area (Å²) in [5, 5.41) is 11.5. The number of benzene rings is 1. The van der Waals surface area contributed by atoms with E-state index in [0.717, 1.165) is 0 Å². The van der Waals surface area contributed by atoms with Crippen molar-refractivity contribution in [2.75, 3.05) is 7.05 Å². The fourth-order valence-corrected chi connectivity index (χ4v) is 1.16. The number of carbonyl (C=O) groups excluding carboxylic acids is 1. The van der Waals surface area contributed by atoms with Crippen molar-refractivity contribution >= 4 is 24.2 Å². The van der Waals surface area contributed by atoms with Crippen molar-refractivity contribution in [1.82, 2.24) is 5.32 Å². The summed E-state index contributed by atoms with van der Waals surface area (Å²) in [6.45, 7) is 1.76. The molecular weight excluding hydrogens is 230 g/mol. The predicted molar refractivity (Wildman–Crippen MR) is 63.5 cm³/mol. The molecule has 1 atom stereocenters. The maximum absolute atomic E-state index is 11.6. The van der Waals surface area contributed by atoms with Crippen LogP contribution in [0.2, 0.25) is 0 Å². The second-order valence-corrected chi connectivity index (χ2v) is 3.26. The van der Waals surface area contributed by atoms with Gasteiger partial charge in [0.15, 0.2) is 5.78 Å². The summed E-state index contributed by atoms with van der Waals surface area (Å²) in [7, 11) is 1.70. The van der Waals surface area contributed by atoms with Gasteiger partial charge in [-0.25, -0.2) is 4.79 Å². The van der Waals surface area contributed by atoms with Gasteiger partial charge in [-0.3, -0.25) is 4.79 Å². The Hall–Kier alpha value is -1.39. The highest BCUT2D eigenvalue weighted by atomic mass is 35.5. The lowest BCUT2D eigenvalue weighted by Crippen LogP contribution is -2.30. The molecule has 0 aromatic heterocycles. The van der Waals surface area contributed by atoms with Crippen molar-refractivity contribution in [3.8, 4) is 0 Å². The number of carbonyl (C=O) groups is 2. The van der Waals surface area contributed by atoms with Gasteiger partial charge >= 0.3 is 5.97 Å². The molecule has 0 fully saturated rings. The van der Waals surface area contributed by atoms with E-state index in [0.29, 0.717) is 5.56 Å². The van der Waals surface area contributed by atoms with Gasteiger partial charge in [-0.2, -0.15) is 0 Å². The zero-order valence-corrected chi connectivity index (χ0v) is 9.88. The van der Waals surface area contributed by atoms with Gasteiger partial charge in [0.1, 0.15) is 0 Å². The van der Waals surface area contributed by atoms with Crippen LogP contribution in [-0.2, 0) is 0 Å². The van der Waals surface area contributed by atoms with E-state index in [1.54, 1.807) is 14.0 Å². The standard InChI is InChI=1S/C11H13NO3.ClH/c1-7(12-2)10(13)8-3-5-9(6-4-8)11(14)15;/h3-7,12H,1-2H3,(H,14,15);1H. The van der Waals surface area contributed by atoms with E-state index in [4.69, 9.17) is 5.11 Å². The van der Waals surface area contributed by atoms with Gasteiger partial charge in [0.05, 0.1) is 11.6 Å². The number of halogens is 1. The van der Waals surface area contributed by atoms with Gasteiger partial charge in [0, 0.05) is 5.56 Å². The van der Waals surface area contributed by atoms with Crippen LogP contribution in [0.15, 0.2) is 24.3 Å². The highest BCUT2D eigenvalue weighted by Gasteiger charge is 2.13. The summed E-state index contributed by atoms with van der Waals surface area (Å²) in [5.74, 6) is -1.04. The Morgan fingerprint density at radius 2 is 1.62 bits per heavy atom. The fourth-order valence-electron chi connectivity index (χ4n) is 1.16. The van der Waals surface area contributed by atoms with Crippen LogP contribution in [0.1, 0.15) is 27.6 Å². The first-order valence-electron chi connectivity index (χ1n) is 4.61. The molecule has 0 amide bonds. The minimum absolute atomic E-state index is 0. The first kappa shape index (κ1) is 14.6. The first-order chi connectivity index (χ1) is 7.06. The summed E-state index contributed by atoms with van der Waals surface area (Å²) in [6.07, 6.45) is 0. The minimum atomic E-state index is -0.990. The van der Waals surface area contributed by atoms with Crippen molar-refractivity contribution in [2.45, 2.75) is 13.0 Å². The molecule has 0 saturated carbocycles. The molecule has 5 heteroatoms. The lowest BCUT2D eigenvalue weighted by molar-refractivity contribution is 0.0696. The van der Waals surface area contributed by atoms with Crippen LogP contribution in [0.4, 0.5) is 0 Å². The van der Waals surface area contributed by atoms with Gasteiger partial charge in [0.2, 0.25) is 0 Å². The third-order valence-corrected chi connectivity index (χ3v) is 2.24. The summed E-state index contributed by atoms with van der Waals surface area (Å²) in [6, 6.07) is 5.65. The third kappa shape index (κ3) is 3.32. The molecule has 2 N–H and O–H groups in total. The summed E-state index contributed by atoms with van der Waals surface area (Å²) < 4.78 is 0. The quantitative estimate of drug-likeness (QED) is 0.789. The Kier molecular flexibility index (Phi) is 5.71. The molecular formula is C11H14ClNO3. The van der Waals surface area contributed by atoms with Crippen LogP contribution >= 0.6 is 12.4 Å². The van der Waals surface area contributed by atoms with Crippen LogP contribution in [-0.4, -0.2) is 29.9 Å². The van der Waals surface area contributed by atoms with Gasteiger partial charge in [-0.15, -0.1) is 12.4 Å². The van der Waals surface area contributed by atoms with E-state index in [2.05, 4.69) is 5.32 Å². The van der Waals surface area contributed by atoms with Crippen LogP contribution in [0.25, 0.3) is 0 Å². The van der Waals surface area contributed by atoms with E-state index in [1.165, 1.54) is 24.3 Å². The van der Waals surface area contributed by atoms with Crippen LogP contribution < -0.4 is 5.32 Å². The molecule has 0 aliphatic rings. The lowest BCUT2D eigenvalue weighted by atomic mass is 10.0. The zero-order chi connectivity index (χ0) is 11.4. The molecule has 0 heterocycles. The Morgan fingerprint density at radius 3 is 2.00 bits per heavy atom. The van der Waals surface area contributed by atoms with E-state index >= 15 is 0 Å². The molecule has 1 rings (SSSR count). The Bertz CT molecular complexity index is 375. The van der Waals surface area contributed by atoms with Crippen LogP contribution in [0.5, 0.6) is 0 Å². The molecule has 1 aromatic carbocycles. The number of hydrogen-bond donors (Lipinski definition) is 2. The number of likely N-dealkylation sites (N-methyl/N-ethyl adjacent to an activating group) is 1. The number of aromatic carboxylic acids is 1. The molecule has 0 aliphatic heterocycles. The maximum Gasteiger partial charge on any atom is 0.335 e. The summed E-state index contributed by atoms with van der Waals surface area (Å²) in [5.41, 5.74) is 0.700. The molecule has 88 valence electrons. The Labute approximate surface area is 100 Å².